The van der Waals surface area contributed by atoms with E-state index in [4.69, 9.17) is 0 Å². The van der Waals surface area contributed by atoms with Gasteiger partial charge in [0.2, 0.25) is 0 Å². The van der Waals surface area contributed by atoms with Crippen LogP contribution in [0.1, 0.15) is 65.5 Å². The number of nitrogens with one attached hydrogen (secondary N) is 1. The molecule has 1 aromatic rings. The lowest BCUT2D eigenvalue weighted by Gasteiger charge is -2.35. The predicted molar refractivity (Wildman–Crippen MR) is 83.5 cm³/mol. The summed E-state index contributed by atoms with van der Waals surface area (Å²) in [7, 11) is 0. The molecule has 0 bridgehead atoms. The van der Waals surface area contributed by atoms with Gasteiger partial charge in [0.15, 0.2) is 0 Å². The van der Waals surface area contributed by atoms with Gasteiger partial charge in [0, 0.05) is 11.6 Å². The average molecular weight is 259 g/mol. The zero-order valence-electron chi connectivity index (χ0n) is 13.4. The van der Waals surface area contributed by atoms with Gasteiger partial charge in [-0.2, -0.15) is 0 Å². The van der Waals surface area contributed by atoms with Crippen molar-refractivity contribution >= 4 is 0 Å². The second-order valence-corrected chi connectivity index (χ2v) is 7.30. The number of benzene rings is 1. The van der Waals surface area contributed by atoms with Crippen LogP contribution in [-0.4, -0.2) is 6.04 Å². The SMILES string of the molecule is CC(C)NC1(c2ccccc2C(C)(C)C(C)C)CC1. The molecule has 2 rings (SSSR count). The van der Waals surface area contributed by atoms with Crippen molar-refractivity contribution in [2.24, 2.45) is 5.92 Å². The van der Waals surface area contributed by atoms with Crippen LogP contribution in [0, 0.1) is 5.92 Å². The summed E-state index contributed by atoms with van der Waals surface area (Å²) in [5, 5.41) is 3.80. The van der Waals surface area contributed by atoms with Gasteiger partial charge in [-0.3, -0.25) is 0 Å². The molecule has 1 heteroatoms. The summed E-state index contributed by atoms with van der Waals surface area (Å²) in [6.07, 6.45) is 2.55. The maximum Gasteiger partial charge on any atom is 0.0441 e. The molecule has 1 aliphatic rings. The highest BCUT2D eigenvalue weighted by Gasteiger charge is 2.47. The summed E-state index contributed by atoms with van der Waals surface area (Å²) in [5.41, 5.74) is 3.53. The van der Waals surface area contributed by atoms with Crippen molar-refractivity contribution < 1.29 is 0 Å². The first-order valence-corrected chi connectivity index (χ1v) is 7.67. The summed E-state index contributed by atoms with van der Waals surface area (Å²) in [5.74, 6) is 0.642. The lowest BCUT2D eigenvalue weighted by Crippen LogP contribution is -2.37. The molecular formula is C18H29N. The molecule has 19 heavy (non-hydrogen) atoms. The van der Waals surface area contributed by atoms with E-state index in [1.807, 2.05) is 0 Å². The van der Waals surface area contributed by atoms with Crippen molar-refractivity contribution in [3.63, 3.8) is 0 Å². The van der Waals surface area contributed by atoms with Gasteiger partial charge in [-0.25, -0.2) is 0 Å². The highest BCUT2D eigenvalue weighted by atomic mass is 15.0. The zero-order valence-corrected chi connectivity index (χ0v) is 13.4. The Morgan fingerprint density at radius 1 is 1.05 bits per heavy atom. The van der Waals surface area contributed by atoms with E-state index in [-0.39, 0.29) is 11.0 Å². The van der Waals surface area contributed by atoms with Crippen LogP contribution in [0.2, 0.25) is 0 Å². The van der Waals surface area contributed by atoms with Crippen molar-refractivity contribution in [2.45, 2.75) is 71.4 Å². The first-order valence-electron chi connectivity index (χ1n) is 7.67. The number of hydrogen-bond acceptors (Lipinski definition) is 1. The molecule has 1 fully saturated rings. The Bertz CT molecular complexity index is 439. The fourth-order valence-electron chi connectivity index (χ4n) is 2.94. The molecule has 0 heterocycles. The van der Waals surface area contributed by atoms with Crippen molar-refractivity contribution in [1.82, 2.24) is 5.32 Å². The normalized spacial score (nSPS) is 18.1. The van der Waals surface area contributed by atoms with Crippen LogP contribution in [-0.2, 0) is 11.0 Å². The molecule has 0 radical (unpaired) electrons. The Balaban J connectivity index is 2.43. The molecule has 0 saturated heterocycles. The third kappa shape index (κ3) is 2.72. The Kier molecular flexibility index (Phi) is 3.79. The molecule has 1 saturated carbocycles. The Labute approximate surface area is 118 Å². The van der Waals surface area contributed by atoms with Crippen LogP contribution in [0.25, 0.3) is 0 Å². The van der Waals surface area contributed by atoms with Crippen LogP contribution < -0.4 is 5.32 Å². The van der Waals surface area contributed by atoms with Gasteiger partial charge in [-0.15, -0.1) is 0 Å². The summed E-state index contributed by atoms with van der Waals surface area (Å²) in [4.78, 5) is 0. The second kappa shape index (κ2) is 4.94. The molecule has 1 aromatic carbocycles. The van der Waals surface area contributed by atoms with E-state index >= 15 is 0 Å². The van der Waals surface area contributed by atoms with Crippen molar-refractivity contribution in [3.8, 4) is 0 Å². The van der Waals surface area contributed by atoms with Gasteiger partial charge < -0.3 is 5.32 Å². The van der Waals surface area contributed by atoms with E-state index in [1.54, 1.807) is 0 Å². The van der Waals surface area contributed by atoms with Crippen LogP contribution >= 0.6 is 0 Å². The lowest BCUT2D eigenvalue weighted by atomic mass is 9.72. The Hall–Kier alpha value is -0.820. The third-order valence-electron chi connectivity index (χ3n) is 4.90. The molecule has 0 aliphatic heterocycles. The van der Waals surface area contributed by atoms with Crippen LogP contribution in [0.4, 0.5) is 0 Å². The quantitative estimate of drug-likeness (QED) is 0.814. The third-order valence-corrected chi connectivity index (χ3v) is 4.90. The van der Waals surface area contributed by atoms with Gasteiger partial charge in [0.05, 0.1) is 0 Å². The van der Waals surface area contributed by atoms with Gasteiger partial charge in [-0.1, -0.05) is 65.8 Å². The second-order valence-electron chi connectivity index (χ2n) is 7.30. The van der Waals surface area contributed by atoms with Crippen LogP contribution in [0.5, 0.6) is 0 Å². The fourth-order valence-corrected chi connectivity index (χ4v) is 2.94. The van der Waals surface area contributed by atoms with E-state index in [2.05, 4.69) is 71.1 Å². The lowest BCUT2D eigenvalue weighted by molar-refractivity contribution is 0.360. The molecule has 0 amide bonds. The predicted octanol–water partition coefficient (Wildman–Crippen LogP) is 4.61. The number of hydrogen-bond donors (Lipinski definition) is 1. The van der Waals surface area contributed by atoms with Gasteiger partial charge >= 0.3 is 0 Å². The van der Waals surface area contributed by atoms with Gasteiger partial charge in [0.1, 0.15) is 0 Å². The van der Waals surface area contributed by atoms with Gasteiger partial charge in [0.25, 0.3) is 0 Å². The topological polar surface area (TPSA) is 12.0 Å². The molecule has 1 nitrogen and oxygen atoms in total. The minimum absolute atomic E-state index is 0.227. The molecule has 1 aliphatic carbocycles. The van der Waals surface area contributed by atoms with E-state index < -0.39 is 0 Å². The highest BCUT2D eigenvalue weighted by Crippen LogP contribution is 2.50. The molecule has 1 N–H and O–H groups in total. The smallest absolute Gasteiger partial charge is 0.0441 e. The summed E-state index contributed by atoms with van der Waals surface area (Å²) in [6.45, 7) is 13.9. The highest BCUT2D eigenvalue weighted by molar-refractivity contribution is 5.42. The van der Waals surface area contributed by atoms with Crippen molar-refractivity contribution in [2.75, 3.05) is 0 Å². The molecule has 106 valence electrons. The minimum Gasteiger partial charge on any atom is -0.305 e. The van der Waals surface area contributed by atoms with E-state index in [0.29, 0.717) is 12.0 Å². The van der Waals surface area contributed by atoms with E-state index in [9.17, 15) is 0 Å². The maximum absolute atomic E-state index is 3.80. The van der Waals surface area contributed by atoms with Crippen LogP contribution in [0.15, 0.2) is 24.3 Å². The van der Waals surface area contributed by atoms with Crippen LogP contribution in [0.3, 0.4) is 0 Å². The number of rotatable bonds is 5. The van der Waals surface area contributed by atoms with E-state index in [1.165, 1.54) is 24.0 Å². The van der Waals surface area contributed by atoms with Crippen molar-refractivity contribution in [3.05, 3.63) is 35.4 Å². The molecule has 0 aromatic heterocycles. The van der Waals surface area contributed by atoms with Crippen molar-refractivity contribution in [1.29, 1.82) is 0 Å². The molecule has 0 unspecified atom stereocenters. The standard InChI is InChI=1S/C18H29N/c1-13(2)17(5,6)15-9-7-8-10-16(15)18(11-12-18)19-14(3)4/h7-10,13-14,19H,11-12H2,1-6H3. The summed E-state index contributed by atoms with van der Waals surface area (Å²) >= 11 is 0. The first-order chi connectivity index (χ1) is 8.79. The minimum atomic E-state index is 0.227. The Morgan fingerprint density at radius 2 is 1.63 bits per heavy atom. The van der Waals surface area contributed by atoms with E-state index in [0.717, 1.165) is 0 Å². The van der Waals surface area contributed by atoms with Gasteiger partial charge in [-0.05, 0) is 35.3 Å². The molecule has 0 spiro atoms. The maximum atomic E-state index is 3.80. The largest absolute Gasteiger partial charge is 0.305 e. The Morgan fingerprint density at radius 3 is 2.11 bits per heavy atom. The molecular weight excluding hydrogens is 230 g/mol. The summed E-state index contributed by atoms with van der Waals surface area (Å²) in [6, 6.07) is 9.59. The zero-order chi connectivity index (χ0) is 14.3. The monoisotopic (exact) mass is 259 g/mol. The molecule has 0 atom stereocenters. The fraction of sp³-hybridized carbons (Fsp3) is 0.667. The average Bonchev–Trinajstić information content (AvgIpc) is 3.09. The summed E-state index contributed by atoms with van der Waals surface area (Å²) < 4.78 is 0. The first kappa shape index (κ1) is 14.6.